The molecule has 6 heteroatoms. The Hall–Kier alpha value is -1.34. The molecule has 0 bridgehead atoms. The van der Waals surface area contributed by atoms with Gasteiger partial charge in [-0.15, -0.1) is 0 Å². The second-order valence-electron chi connectivity index (χ2n) is 3.94. The predicted molar refractivity (Wildman–Crippen MR) is 72.3 cm³/mol. The van der Waals surface area contributed by atoms with Crippen LogP contribution in [0.4, 0.5) is 0 Å². The summed E-state index contributed by atoms with van der Waals surface area (Å²) in [6, 6.07) is 0. The number of hydrogen-bond acceptors (Lipinski definition) is 6. The Labute approximate surface area is 113 Å². The standard InChI is InChI=1S/C13H22N2O4/c1-4-10(16)12(11(17)5-2)13(3,18-8-6-14)19-9-7-15/h4-5,12H,1-2,6-9,14-15H2,3H3. The highest BCUT2D eigenvalue weighted by atomic mass is 16.7. The summed E-state index contributed by atoms with van der Waals surface area (Å²) in [5, 5.41) is 0. The maximum Gasteiger partial charge on any atom is 0.182 e. The van der Waals surface area contributed by atoms with Gasteiger partial charge in [-0.1, -0.05) is 13.2 Å². The van der Waals surface area contributed by atoms with Crippen molar-refractivity contribution in [1.82, 2.24) is 0 Å². The Morgan fingerprint density at radius 1 is 1.11 bits per heavy atom. The first-order valence-corrected chi connectivity index (χ1v) is 5.97. The van der Waals surface area contributed by atoms with E-state index >= 15 is 0 Å². The molecule has 0 radical (unpaired) electrons. The number of carbonyl (C=O) groups excluding carboxylic acids is 2. The molecule has 0 aliphatic rings. The van der Waals surface area contributed by atoms with Gasteiger partial charge in [0.05, 0.1) is 13.2 Å². The molecule has 4 N–H and O–H groups in total. The Kier molecular flexibility index (Phi) is 8.09. The van der Waals surface area contributed by atoms with Gasteiger partial charge < -0.3 is 20.9 Å². The SMILES string of the molecule is C=CC(=O)C(C(=O)C=C)C(C)(OCCN)OCCN. The average molecular weight is 270 g/mol. The first kappa shape index (κ1) is 17.7. The van der Waals surface area contributed by atoms with Gasteiger partial charge >= 0.3 is 0 Å². The summed E-state index contributed by atoms with van der Waals surface area (Å²) in [6.45, 7) is 9.02. The first-order chi connectivity index (χ1) is 8.96. The Bertz CT molecular complexity index is 314. The number of carbonyl (C=O) groups is 2. The number of ketones is 2. The average Bonchev–Trinajstić information content (AvgIpc) is 2.42. The lowest BCUT2D eigenvalue weighted by atomic mass is 9.90. The molecule has 0 saturated heterocycles. The van der Waals surface area contributed by atoms with E-state index in [1.54, 1.807) is 0 Å². The van der Waals surface area contributed by atoms with Crippen LogP contribution in [0.3, 0.4) is 0 Å². The minimum atomic E-state index is -1.44. The number of rotatable bonds is 11. The topological polar surface area (TPSA) is 105 Å². The van der Waals surface area contributed by atoms with Crippen LogP contribution in [0.1, 0.15) is 6.92 Å². The number of hydrogen-bond donors (Lipinski definition) is 2. The fourth-order valence-electron chi connectivity index (χ4n) is 1.62. The third-order valence-electron chi connectivity index (χ3n) is 2.51. The van der Waals surface area contributed by atoms with E-state index in [1.807, 2.05) is 0 Å². The summed E-state index contributed by atoms with van der Waals surface area (Å²) in [4.78, 5) is 23.8. The summed E-state index contributed by atoms with van der Waals surface area (Å²) in [5.41, 5.74) is 10.7. The van der Waals surface area contributed by atoms with Gasteiger partial charge in [0.1, 0.15) is 5.92 Å². The highest BCUT2D eigenvalue weighted by Gasteiger charge is 2.43. The lowest BCUT2D eigenvalue weighted by Crippen LogP contribution is -2.49. The second kappa shape index (κ2) is 8.71. The molecule has 0 saturated carbocycles. The third kappa shape index (κ3) is 5.04. The van der Waals surface area contributed by atoms with Crippen molar-refractivity contribution >= 4 is 11.6 Å². The molecule has 108 valence electrons. The second-order valence-corrected chi connectivity index (χ2v) is 3.94. The van der Waals surface area contributed by atoms with Crippen molar-refractivity contribution in [1.29, 1.82) is 0 Å². The Balaban J connectivity index is 5.31. The van der Waals surface area contributed by atoms with Crippen molar-refractivity contribution in [2.45, 2.75) is 12.7 Å². The molecule has 0 spiro atoms. The fourth-order valence-corrected chi connectivity index (χ4v) is 1.62. The van der Waals surface area contributed by atoms with Crippen molar-refractivity contribution < 1.29 is 19.1 Å². The van der Waals surface area contributed by atoms with Crippen molar-refractivity contribution in [3.8, 4) is 0 Å². The highest BCUT2D eigenvalue weighted by Crippen LogP contribution is 2.26. The van der Waals surface area contributed by atoms with Gasteiger partial charge in [0.2, 0.25) is 0 Å². The monoisotopic (exact) mass is 270 g/mol. The van der Waals surface area contributed by atoms with Gasteiger partial charge in [0, 0.05) is 13.1 Å². The summed E-state index contributed by atoms with van der Waals surface area (Å²) in [6.07, 6.45) is 2.11. The van der Waals surface area contributed by atoms with E-state index in [-0.39, 0.29) is 26.3 Å². The van der Waals surface area contributed by atoms with E-state index in [1.165, 1.54) is 6.92 Å². The number of allylic oxidation sites excluding steroid dienone is 2. The van der Waals surface area contributed by atoms with Gasteiger partial charge in [-0.25, -0.2) is 0 Å². The van der Waals surface area contributed by atoms with E-state index in [0.29, 0.717) is 0 Å². The largest absolute Gasteiger partial charge is 0.348 e. The van der Waals surface area contributed by atoms with Crippen LogP contribution in [-0.4, -0.2) is 43.7 Å². The number of ether oxygens (including phenoxy) is 2. The Morgan fingerprint density at radius 2 is 1.47 bits per heavy atom. The molecule has 0 amide bonds. The first-order valence-electron chi connectivity index (χ1n) is 5.97. The van der Waals surface area contributed by atoms with Crippen LogP contribution in [0, 0.1) is 5.92 Å². The summed E-state index contributed by atoms with van der Waals surface area (Å²) in [5.74, 6) is -3.60. The summed E-state index contributed by atoms with van der Waals surface area (Å²) < 4.78 is 10.9. The lowest BCUT2D eigenvalue weighted by Gasteiger charge is -2.34. The molecule has 19 heavy (non-hydrogen) atoms. The molecule has 0 atom stereocenters. The Morgan fingerprint density at radius 3 is 1.74 bits per heavy atom. The van der Waals surface area contributed by atoms with Gasteiger partial charge in [0.15, 0.2) is 17.4 Å². The zero-order valence-corrected chi connectivity index (χ0v) is 11.3. The van der Waals surface area contributed by atoms with E-state index in [0.717, 1.165) is 12.2 Å². The maximum atomic E-state index is 11.9. The smallest absolute Gasteiger partial charge is 0.182 e. The summed E-state index contributed by atoms with van der Waals surface area (Å²) >= 11 is 0. The molecule has 0 aromatic rings. The molecule has 0 aromatic heterocycles. The quantitative estimate of drug-likeness (QED) is 0.305. The minimum absolute atomic E-state index is 0.145. The van der Waals surface area contributed by atoms with Crippen molar-refractivity contribution in [3.63, 3.8) is 0 Å². The molecular formula is C13H22N2O4. The minimum Gasteiger partial charge on any atom is -0.348 e. The zero-order valence-electron chi connectivity index (χ0n) is 11.3. The van der Waals surface area contributed by atoms with Gasteiger partial charge in [0.25, 0.3) is 0 Å². The van der Waals surface area contributed by atoms with Gasteiger partial charge in [-0.05, 0) is 19.1 Å². The molecule has 0 rings (SSSR count). The van der Waals surface area contributed by atoms with E-state index in [4.69, 9.17) is 20.9 Å². The molecule has 0 aliphatic carbocycles. The predicted octanol–water partition coefficient (Wildman–Crippen LogP) is -0.220. The van der Waals surface area contributed by atoms with Gasteiger partial charge in [-0.2, -0.15) is 0 Å². The van der Waals surface area contributed by atoms with Crippen molar-refractivity contribution in [2.75, 3.05) is 26.3 Å². The molecule has 6 nitrogen and oxygen atoms in total. The van der Waals surface area contributed by atoms with E-state index < -0.39 is 23.3 Å². The molecule has 0 aromatic carbocycles. The molecular weight excluding hydrogens is 248 g/mol. The van der Waals surface area contributed by atoms with Crippen LogP contribution >= 0.6 is 0 Å². The summed E-state index contributed by atoms with van der Waals surface area (Å²) in [7, 11) is 0. The molecule has 0 unspecified atom stereocenters. The highest BCUT2D eigenvalue weighted by molar-refractivity contribution is 6.11. The number of nitrogens with two attached hydrogens (primary N) is 2. The van der Waals surface area contributed by atoms with Gasteiger partial charge in [-0.3, -0.25) is 9.59 Å². The fraction of sp³-hybridized carbons (Fsp3) is 0.538. The third-order valence-corrected chi connectivity index (χ3v) is 2.51. The van der Waals surface area contributed by atoms with Crippen LogP contribution in [0.5, 0.6) is 0 Å². The zero-order chi connectivity index (χ0) is 14.9. The van der Waals surface area contributed by atoms with Crippen LogP contribution < -0.4 is 11.5 Å². The van der Waals surface area contributed by atoms with Crippen LogP contribution in [0.25, 0.3) is 0 Å². The van der Waals surface area contributed by atoms with Crippen molar-refractivity contribution in [2.24, 2.45) is 17.4 Å². The van der Waals surface area contributed by atoms with Crippen LogP contribution in [0.15, 0.2) is 25.3 Å². The lowest BCUT2D eigenvalue weighted by molar-refractivity contribution is -0.243. The van der Waals surface area contributed by atoms with E-state index in [9.17, 15) is 9.59 Å². The van der Waals surface area contributed by atoms with Crippen LogP contribution in [-0.2, 0) is 19.1 Å². The molecule has 0 fully saturated rings. The van der Waals surface area contributed by atoms with E-state index in [2.05, 4.69) is 13.2 Å². The normalized spacial score (nSPS) is 11.4. The molecule has 0 aliphatic heterocycles. The maximum absolute atomic E-state index is 11.9. The van der Waals surface area contributed by atoms with Crippen molar-refractivity contribution in [3.05, 3.63) is 25.3 Å². The van der Waals surface area contributed by atoms with Crippen LogP contribution in [0.2, 0.25) is 0 Å². The molecule has 0 heterocycles.